The van der Waals surface area contributed by atoms with Crippen LogP contribution in [-0.4, -0.2) is 32.8 Å². The molecule has 5 nitrogen and oxygen atoms in total. The number of carbonyl (C=O) groups is 1. The van der Waals surface area contributed by atoms with Gasteiger partial charge in [-0.3, -0.25) is 4.79 Å². The summed E-state index contributed by atoms with van der Waals surface area (Å²) in [7, 11) is 1.80. The molecule has 0 saturated heterocycles. The van der Waals surface area contributed by atoms with Crippen molar-refractivity contribution in [3.05, 3.63) is 72.4 Å². The minimum absolute atomic E-state index is 0.00321. The van der Waals surface area contributed by atoms with Crippen LogP contribution in [0.4, 0.5) is 0 Å². The third kappa shape index (κ3) is 3.63. The molecule has 0 bridgehead atoms. The standard InChI is InChI=1S/C18H18N4O/c1-21(13-15-8-4-2-5-9-15)18(23)14-22-17(12-19-20-22)16-10-6-3-7-11-16/h2-12H,13-14H2,1H3. The minimum atomic E-state index is -0.00321. The lowest BCUT2D eigenvalue weighted by atomic mass is 10.2. The third-order valence-electron chi connectivity index (χ3n) is 3.66. The molecule has 2 aromatic carbocycles. The van der Waals surface area contributed by atoms with Crippen LogP contribution in [0, 0.1) is 0 Å². The molecule has 0 aliphatic rings. The molecule has 0 unspecified atom stereocenters. The molecule has 0 fully saturated rings. The van der Waals surface area contributed by atoms with Crippen molar-refractivity contribution in [1.29, 1.82) is 0 Å². The number of aromatic nitrogens is 3. The van der Waals surface area contributed by atoms with Crippen molar-refractivity contribution in [3.63, 3.8) is 0 Å². The number of hydrogen-bond donors (Lipinski definition) is 0. The predicted octanol–water partition coefficient (Wildman–Crippen LogP) is 2.60. The van der Waals surface area contributed by atoms with Gasteiger partial charge in [0.1, 0.15) is 6.54 Å². The first-order valence-corrected chi connectivity index (χ1v) is 7.46. The Labute approximate surface area is 135 Å². The van der Waals surface area contributed by atoms with E-state index < -0.39 is 0 Å². The fourth-order valence-electron chi connectivity index (χ4n) is 2.40. The molecule has 1 aromatic heterocycles. The van der Waals surface area contributed by atoms with Gasteiger partial charge in [0.15, 0.2) is 0 Å². The van der Waals surface area contributed by atoms with Gasteiger partial charge in [-0.1, -0.05) is 65.9 Å². The molecular formula is C18H18N4O. The number of carbonyl (C=O) groups excluding carboxylic acids is 1. The lowest BCUT2D eigenvalue weighted by molar-refractivity contribution is -0.131. The van der Waals surface area contributed by atoms with E-state index in [4.69, 9.17) is 0 Å². The van der Waals surface area contributed by atoms with Crippen LogP contribution in [-0.2, 0) is 17.9 Å². The number of rotatable bonds is 5. The normalized spacial score (nSPS) is 10.5. The van der Waals surface area contributed by atoms with Crippen molar-refractivity contribution in [1.82, 2.24) is 19.9 Å². The van der Waals surface area contributed by atoms with Crippen LogP contribution in [0.15, 0.2) is 66.9 Å². The van der Waals surface area contributed by atoms with Gasteiger partial charge in [-0.2, -0.15) is 0 Å². The van der Waals surface area contributed by atoms with Gasteiger partial charge in [0, 0.05) is 19.2 Å². The fraction of sp³-hybridized carbons (Fsp3) is 0.167. The van der Waals surface area contributed by atoms with E-state index in [0.717, 1.165) is 16.8 Å². The zero-order valence-electron chi connectivity index (χ0n) is 13.0. The Bertz CT molecular complexity index is 768. The molecule has 0 aliphatic carbocycles. The summed E-state index contributed by atoms with van der Waals surface area (Å²) < 4.78 is 1.64. The largest absolute Gasteiger partial charge is 0.340 e. The molecule has 3 rings (SSSR count). The predicted molar refractivity (Wildman–Crippen MR) is 88.4 cm³/mol. The molecule has 5 heteroatoms. The van der Waals surface area contributed by atoms with Crippen LogP contribution >= 0.6 is 0 Å². The van der Waals surface area contributed by atoms with Crippen LogP contribution < -0.4 is 0 Å². The highest BCUT2D eigenvalue weighted by molar-refractivity contribution is 5.76. The van der Waals surface area contributed by atoms with Gasteiger partial charge in [-0.15, -0.1) is 5.10 Å². The topological polar surface area (TPSA) is 51.0 Å². The second-order valence-corrected chi connectivity index (χ2v) is 5.38. The summed E-state index contributed by atoms with van der Waals surface area (Å²) in [6.45, 7) is 0.753. The molecule has 0 radical (unpaired) electrons. The summed E-state index contributed by atoms with van der Waals surface area (Å²) in [5, 5.41) is 7.98. The zero-order chi connectivity index (χ0) is 16.1. The van der Waals surface area contributed by atoms with Crippen LogP contribution in [0.5, 0.6) is 0 Å². The number of nitrogens with zero attached hydrogens (tertiary/aromatic N) is 4. The molecule has 23 heavy (non-hydrogen) atoms. The van der Waals surface area contributed by atoms with E-state index in [1.165, 1.54) is 0 Å². The molecule has 0 aliphatic heterocycles. The highest BCUT2D eigenvalue weighted by Gasteiger charge is 2.14. The molecule has 0 atom stereocenters. The first-order valence-electron chi connectivity index (χ1n) is 7.46. The Kier molecular flexibility index (Phi) is 4.47. The van der Waals surface area contributed by atoms with Gasteiger partial charge >= 0.3 is 0 Å². The van der Waals surface area contributed by atoms with E-state index in [9.17, 15) is 4.79 Å². The van der Waals surface area contributed by atoms with Crippen LogP contribution in [0.3, 0.4) is 0 Å². The van der Waals surface area contributed by atoms with Crippen molar-refractivity contribution in [2.75, 3.05) is 7.05 Å². The van der Waals surface area contributed by atoms with E-state index in [-0.39, 0.29) is 12.5 Å². The monoisotopic (exact) mass is 306 g/mol. The molecular weight excluding hydrogens is 288 g/mol. The first-order chi connectivity index (χ1) is 11.2. The van der Waals surface area contributed by atoms with E-state index in [1.54, 1.807) is 22.8 Å². The maximum absolute atomic E-state index is 12.4. The van der Waals surface area contributed by atoms with Gasteiger partial charge in [-0.25, -0.2) is 4.68 Å². The van der Waals surface area contributed by atoms with Gasteiger partial charge in [0.25, 0.3) is 0 Å². The molecule has 0 N–H and O–H groups in total. The molecule has 1 heterocycles. The first kappa shape index (κ1) is 15.0. The SMILES string of the molecule is CN(Cc1ccccc1)C(=O)Cn1nncc1-c1ccccc1. The molecule has 116 valence electrons. The summed E-state index contributed by atoms with van der Waals surface area (Å²) in [4.78, 5) is 14.1. The second kappa shape index (κ2) is 6.87. The van der Waals surface area contributed by atoms with Crippen molar-refractivity contribution >= 4 is 5.91 Å². The Balaban J connectivity index is 1.70. The number of benzene rings is 2. The lowest BCUT2D eigenvalue weighted by Crippen LogP contribution is -2.30. The highest BCUT2D eigenvalue weighted by atomic mass is 16.2. The van der Waals surface area contributed by atoms with Gasteiger partial charge in [0.2, 0.25) is 5.91 Å². The Morgan fingerprint density at radius 3 is 2.39 bits per heavy atom. The molecule has 0 spiro atoms. The van der Waals surface area contributed by atoms with E-state index in [1.807, 2.05) is 60.7 Å². The average Bonchev–Trinajstić information content (AvgIpc) is 3.04. The zero-order valence-corrected chi connectivity index (χ0v) is 13.0. The van der Waals surface area contributed by atoms with E-state index in [0.29, 0.717) is 6.54 Å². The molecule has 0 saturated carbocycles. The summed E-state index contributed by atoms with van der Waals surface area (Å²) in [5.41, 5.74) is 2.94. The minimum Gasteiger partial charge on any atom is -0.340 e. The number of likely N-dealkylation sites (N-methyl/N-ethyl adjacent to an activating group) is 1. The Morgan fingerprint density at radius 1 is 1.04 bits per heavy atom. The van der Waals surface area contributed by atoms with Gasteiger partial charge in [0.05, 0.1) is 11.9 Å². The molecule has 1 amide bonds. The lowest BCUT2D eigenvalue weighted by Gasteiger charge is -2.17. The summed E-state index contributed by atoms with van der Waals surface area (Å²) in [5.74, 6) is -0.00321. The Hall–Kier alpha value is -2.95. The van der Waals surface area contributed by atoms with E-state index in [2.05, 4.69) is 10.3 Å². The Morgan fingerprint density at radius 2 is 1.70 bits per heavy atom. The maximum atomic E-state index is 12.4. The smallest absolute Gasteiger partial charge is 0.244 e. The summed E-state index contributed by atoms with van der Waals surface area (Å²) >= 11 is 0. The van der Waals surface area contributed by atoms with Crippen molar-refractivity contribution in [3.8, 4) is 11.3 Å². The quantitative estimate of drug-likeness (QED) is 0.728. The highest BCUT2D eigenvalue weighted by Crippen LogP contribution is 2.17. The van der Waals surface area contributed by atoms with Crippen LogP contribution in [0.1, 0.15) is 5.56 Å². The fourth-order valence-corrected chi connectivity index (χ4v) is 2.40. The number of hydrogen-bond acceptors (Lipinski definition) is 3. The average molecular weight is 306 g/mol. The van der Waals surface area contributed by atoms with Crippen LogP contribution in [0.25, 0.3) is 11.3 Å². The maximum Gasteiger partial charge on any atom is 0.244 e. The van der Waals surface area contributed by atoms with Crippen LogP contribution in [0.2, 0.25) is 0 Å². The second-order valence-electron chi connectivity index (χ2n) is 5.38. The van der Waals surface area contributed by atoms with Crippen molar-refractivity contribution < 1.29 is 4.79 Å². The van der Waals surface area contributed by atoms with E-state index >= 15 is 0 Å². The molecule has 3 aromatic rings. The third-order valence-corrected chi connectivity index (χ3v) is 3.66. The van der Waals surface area contributed by atoms with Gasteiger partial charge < -0.3 is 4.90 Å². The summed E-state index contributed by atoms with van der Waals surface area (Å²) in [6.07, 6.45) is 1.68. The van der Waals surface area contributed by atoms with Gasteiger partial charge in [-0.05, 0) is 5.56 Å². The number of amides is 1. The summed E-state index contributed by atoms with van der Waals surface area (Å²) in [6, 6.07) is 19.7. The van der Waals surface area contributed by atoms with Crippen molar-refractivity contribution in [2.45, 2.75) is 13.1 Å². The van der Waals surface area contributed by atoms with Crippen molar-refractivity contribution in [2.24, 2.45) is 0 Å².